The average molecular weight is 476 g/mol. The molecule has 1 amide bonds. The number of aromatic nitrogens is 5. The van der Waals surface area contributed by atoms with Gasteiger partial charge in [0.15, 0.2) is 0 Å². The summed E-state index contributed by atoms with van der Waals surface area (Å²) in [5, 5.41) is 2.43. The molecule has 0 radical (unpaired) electrons. The number of ether oxygens (including phenoxy) is 1. The van der Waals surface area contributed by atoms with Crippen LogP contribution in [-0.4, -0.2) is 52.1 Å². The van der Waals surface area contributed by atoms with Crippen LogP contribution in [0, 0.1) is 0 Å². The fraction of sp³-hybridized carbons (Fsp3) is 0.300. The number of hydrogen-bond acceptors (Lipinski definition) is 9. The second-order valence-electron chi connectivity index (χ2n) is 6.86. The van der Waals surface area contributed by atoms with Gasteiger partial charge < -0.3 is 10.1 Å². The Morgan fingerprint density at radius 3 is 2.55 bits per heavy atom. The Kier molecular flexibility index (Phi) is 7.11. The maximum atomic E-state index is 15.7. The minimum Gasteiger partial charge on any atom is -0.477 e. The molecule has 3 aromatic heterocycles. The minimum absolute atomic E-state index is 0.108. The van der Waals surface area contributed by atoms with Crippen molar-refractivity contribution in [2.45, 2.75) is 25.9 Å². The Morgan fingerprint density at radius 1 is 1.12 bits per heavy atom. The summed E-state index contributed by atoms with van der Waals surface area (Å²) in [7, 11) is -3.67. The van der Waals surface area contributed by atoms with Gasteiger partial charge in [-0.1, -0.05) is 6.92 Å². The second kappa shape index (κ2) is 9.81. The van der Waals surface area contributed by atoms with Crippen molar-refractivity contribution in [3.8, 4) is 17.1 Å². The van der Waals surface area contributed by atoms with Crippen LogP contribution in [-0.2, 0) is 20.5 Å². The fourth-order valence-corrected chi connectivity index (χ4v) is 3.22. The zero-order chi connectivity index (χ0) is 24.1. The number of pyridine rings is 1. The quantitative estimate of drug-likeness (QED) is 0.475. The van der Waals surface area contributed by atoms with Gasteiger partial charge in [0.05, 0.1) is 36.6 Å². The number of rotatable bonds is 9. The number of nitrogens with zero attached hydrogens (tertiary/aromatic N) is 5. The van der Waals surface area contributed by atoms with Crippen LogP contribution in [0.3, 0.4) is 0 Å². The molecule has 0 aromatic carbocycles. The predicted octanol–water partition coefficient (Wildman–Crippen LogP) is 2.31. The monoisotopic (exact) mass is 475 g/mol. The molecule has 11 nitrogen and oxygen atoms in total. The number of sulfonamides is 1. The number of nitrogens with one attached hydrogen (secondary N) is 2. The van der Waals surface area contributed by atoms with Crippen molar-refractivity contribution in [1.82, 2.24) is 24.9 Å². The van der Waals surface area contributed by atoms with E-state index in [4.69, 9.17) is 4.74 Å². The lowest BCUT2D eigenvalue weighted by Gasteiger charge is -2.22. The van der Waals surface area contributed by atoms with Crippen LogP contribution in [0.4, 0.5) is 16.2 Å². The Labute approximate surface area is 189 Å². The Hall–Kier alpha value is -3.74. The number of amides is 1. The van der Waals surface area contributed by atoms with Crippen LogP contribution in [0.2, 0.25) is 0 Å². The van der Waals surface area contributed by atoms with E-state index >= 15 is 4.39 Å². The van der Waals surface area contributed by atoms with Crippen LogP contribution in [0.5, 0.6) is 5.88 Å². The average Bonchev–Trinajstić information content (AvgIpc) is 2.78. The molecule has 0 aliphatic rings. The highest BCUT2D eigenvalue weighted by Crippen LogP contribution is 2.30. The van der Waals surface area contributed by atoms with E-state index in [1.165, 1.54) is 31.5 Å². The summed E-state index contributed by atoms with van der Waals surface area (Å²) in [6, 6.07) is 4.35. The van der Waals surface area contributed by atoms with E-state index in [1.54, 1.807) is 12.3 Å². The van der Waals surface area contributed by atoms with E-state index in [2.05, 4.69) is 35.0 Å². The van der Waals surface area contributed by atoms with Crippen LogP contribution in [0.15, 0.2) is 43.0 Å². The third-order valence-electron chi connectivity index (χ3n) is 4.39. The van der Waals surface area contributed by atoms with E-state index < -0.39 is 21.6 Å². The molecule has 0 saturated carbocycles. The molecular formula is C20H22FN7O4S. The Balaban J connectivity index is 1.79. The lowest BCUT2D eigenvalue weighted by atomic mass is 9.97. The van der Waals surface area contributed by atoms with Crippen molar-refractivity contribution in [2.75, 3.05) is 22.9 Å². The van der Waals surface area contributed by atoms with Crippen LogP contribution in [0.25, 0.3) is 11.3 Å². The maximum absolute atomic E-state index is 15.7. The lowest BCUT2D eigenvalue weighted by molar-refractivity contribution is -0.128. The van der Waals surface area contributed by atoms with Gasteiger partial charge in [0, 0.05) is 18.0 Å². The number of carbonyl (C=O) groups is 1. The number of anilines is 2. The first-order chi connectivity index (χ1) is 15.6. The van der Waals surface area contributed by atoms with Crippen LogP contribution < -0.4 is 14.8 Å². The first-order valence-electron chi connectivity index (χ1n) is 9.87. The summed E-state index contributed by atoms with van der Waals surface area (Å²) in [5.41, 5.74) is -1.69. The number of alkyl halides is 1. The van der Waals surface area contributed by atoms with Gasteiger partial charge in [0.1, 0.15) is 5.82 Å². The molecule has 1 unspecified atom stereocenters. The Morgan fingerprint density at radius 2 is 1.91 bits per heavy atom. The van der Waals surface area contributed by atoms with E-state index in [1.807, 2.05) is 6.92 Å². The van der Waals surface area contributed by atoms with Gasteiger partial charge in [-0.3, -0.25) is 14.5 Å². The molecule has 0 aliphatic heterocycles. The molecule has 0 aliphatic carbocycles. The largest absolute Gasteiger partial charge is 0.477 e. The van der Waals surface area contributed by atoms with Crippen molar-refractivity contribution in [3.63, 3.8) is 0 Å². The van der Waals surface area contributed by atoms with Gasteiger partial charge in [-0.15, -0.1) is 0 Å². The lowest BCUT2D eigenvalue weighted by Crippen LogP contribution is -2.37. The number of hydrogen-bond donors (Lipinski definition) is 2. The molecule has 0 bridgehead atoms. The zero-order valence-corrected chi connectivity index (χ0v) is 18.9. The minimum atomic E-state index is -3.67. The molecule has 3 aromatic rings. The van der Waals surface area contributed by atoms with Gasteiger partial charge in [0.25, 0.3) is 5.91 Å². The molecule has 0 saturated heterocycles. The molecule has 174 valence electrons. The van der Waals surface area contributed by atoms with Crippen LogP contribution in [0.1, 0.15) is 26.0 Å². The summed E-state index contributed by atoms with van der Waals surface area (Å²) < 4.78 is 45.9. The van der Waals surface area contributed by atoms with E-state index in [0.29, 0.717) is 23.7 Å². The summed E-state index contributed by atoms with van der Waals surface area (Å²) >= 11 is 0. The summed E-state index contributed by atoms with van der Waals surface area (Å²) in [6.45, 7) is 3.74. The van der Waals surface area contributed by atoms with Crippen molar-refractivity contribution >= 4 is 27.7 Å². The highest BCUT2D eigenvalue weighted by Gasteiger charge is 2.41. The van der Waals surface area contributed by atoms with Crippen molar-refractivity contribution < 1.29 is 22.3 Å². The topological polar surface area (TPSA) is 149 Å². The van der Waals surface area contributed by atoms with E-state index in [0.717, 1.165) is 12.5 Å². The van der Waals surface area contributed by atoms with Crippen molar-refractivity contribution in [2.24, 2.45) is 0 Å². The zero-order valence-electron chi connectivity index (χ0n) is 18.1. The first-order valence-corrected chi connectivity index (χ1v) is 11.8. The molecule has 3 heterocycles. The van der Waals surface area contributed by atoms with E-state index in [-0.39, 0.29) is 23.9 Å². The SMILES string of the molecule is CCOc1cncc(-c2ccc(NC(=O)C(F)(CC)c3ccnc(NS(C)(=O)=O)n3)nc2)n1. The van der Waals surface area contributed by atoms with Crippen molar-refractivity contribution in [3.05, 3.63) is 48.7 Å². The Bertz CT molecular complexity index is 1240. The number of halogens is 1. The molecule has 3 rings (SSSR count). The van der Waals surface area contributed by atoms with Gasteiger partial charge in [-0.25, -0.2) is 32.7 Å². The van der Waals surface area contributed by atoms with E-state index in [9.17, 15) is 13.2 Å². The third kappa shape index (κ3) is 5.94. The highest BCUT2D eigenvalue weighted by molar-refractivity contribution is 7.91. The normalized spacial score (nSPS) is 13.1. The summed E-state index contributed by atoms with van der Waals surface area (Å²) in [5.74, 6) is -0.868. The molecular weight excluding hydrogens is 453 g/mol. The van der Waals surface area contributed by atoms with Crippen molar-refractivity contribution in [1.29, 1.82) is 0 Å². The molecule has 1 atom stereocenters. The second-order valence-corrected chi connectivity index (χ2v) is 8.60. The molecule has 33 heavy (non-hydrogen) atoms. The van der Waals surface area contributed by atoms with Gasteiger partial charge in [-0.2, -0.15) is 0 Å². The van der Waals surface area contributed by atoms with Gasteiger partial charge >= 0.3 is 0 Å². The van der Waals surface area contributed by atoms with Gasteiger partial charge in [-0.05, 0) is 31.5 Å². The predicted molar refractivity (Wildman–Crippen MR) is 119 cm³/mol. The van der Waals surface area contributed by atoms with Gasteiger partial charge in [0.2, 0.25) is 27.5 Å². The molecule has 0 fully saturated rings. The summed E-state index contributed by atoms with van der Waals surface area (Å²) in [4.78, 5) is 32.9. The fourth-order valence-electron chi connectivity index (χ4n) is 2.79. The molecule has 2 N–H and O–H groups in total. The molecule has 0 spiro atoms. The standard InChI is InChI=1S/C20H22FN7O4S/c1-4-20(21,15-8-9-23-19(26-15)28-33(3,30)31)18(29)27-16-7-6-13(10-24-16)14-11-22-12-17(25-14)32-5-2/h6-12H,4-5H2,1-3H3,(H,23,26,28)(H,24,27,29). The first kappa shape index (κ1) is 23.9. The molecule has 13 heteroatoms. The highest BCUT2D eigenvalue weighted by atomic mass is 32.2. The smallest absolute Gasteiger partial charge is 0.269 e. The number of carbonyl (C=O) groups excluding carboxylic acids is 1. The third-order valence-corrected chi connectivity index (χ3v) is 4.94. The maximum Gasteiger partial charge on any atom is 0.269 e. The van der Waals surface area contributed by atoms with Crippen LogP contribution >= 0.6 is 0 Å². The summed E-state index contributed by atoms with van der Waals surface area (Å²) in [6.07, 6.45) is 6.30.